The molecule has 4 rings (SSSR count). The summed E-state index contributed by atoms with van der Waals surface area (Å²) in [5.74, 6) is 0. The Hall–Kier alpha value is -2.51. The minimum atomic E-state index is -0.0149. The van der Waals surface area contributed by atoms with Gasteiger partial charge in [-0.15, -0.1) is 0 Å². The molecule has 0 atom stereocenters. The lowest BCUT2D eigenvalue weighted by Crippen LogP contribution is -2.22. The lowest BCUT2D eigenvalue weighted by molar-refractivity contribution is 0.534. The van der Waals surface area contributed by atoms with Crippen molar-refractivity contribution in [2.45, 2.75) is 64.2 Å². The van der Waals surface area contributed by atoms with Crippen LogP contribution < -0.4 is 4.90 Å². The Morgan fingerprint density at radius 2 is 1.67 bits per heavy atom. The van der Waals surface area contributed by atoms with Crippen LogP contribution in [-0.2, 0) is 10.8 Å². The zero-order chi connectivity index (χ0) is 23.6. The van der Waals surface area contributed by atoms with Crippen molar-refractivity contribution in [1.82, 2.24) is 0 Å². The lowest BCUT2D eigenvalue weighted by Gasteiger charge is -2.24. The maximum atomic E-state index is 6.91. The summed E-state index contributed by atoms with van der Waals surface area (Å²) in [6, 6.07) is 19.5. The van der Waals surface area contributed by atoms with Gasteiger partial charge in [0.05, 0.1) is 0 Å². The molecular formula is C31H36ClN. The molecule has 0 unspecified atom stereocenters. The second-order valence-electron chi connectivity index (χ2n) is 10.5. The Balaban J connectivity index is 1.55. The average Bonchev–Trinajstić information content (AvgIpc) is 3.00. The van der Waals surface area contributed by atoms with Crippen molar-refractivity contribution in [2.75, 3.05) is 11.9 Å². The SMILES string of the molecule is CN1/C(=C/C=C2\CCCC(/C=C/CC(C)(C)c3ccccc3)=C2Cl)C(C)(C)c2ccccc21. The summed E-state index contributed by atoms with van der Waals surface area (Å²) < 4.78 is 0. The first-order valence-corrected chi connectivity index (χ1v) is 12.5. The van der Waals surface area contributed by atoms with Gasteiger partial charge >= 0.3 is 0 Å². The fourth-order valence-corrected chi connectivity index (χ4v) is 5.51. The van der Waals surface area contributed by atoms with Gasteiger partial charge in [-0.05, 0) is 65.5 Å². The first kappa shape index (κ1) is 23.6. The molecule has 0 amide bonds. The molecular weight excluding hydrogens is 422 g/mol. The normalized spacial score (nSPS) is 20.8. The van der Waals surface area contributed by atoms with Gasteiger partial charge in [-0.3, -0.25) is 0 Å². The zero-order valence-corrected chi connectivity index (χ0v) is 21.4. The van der Waals surface area contributed by atoms with Crippen LogP contribution in [0.25, 0.3) is 0 Å². The highest BCUT2D eigenvalue weighted by molar-refractivity contribution is 6.32. The third kappa shape index (κ3) is 4.75. The maximum absolute atomic E-state index is 6.91. The van der Waals surface area contributed by atoms with Crippen LogP contribution in [0.1, 0.15) is 64.5 Å². The quantitative estimate of drug-likeness (QED) is 0.433. The standard InChI is InChI=1S/C31H36ClN/c1-30(2,25-16-7-6-8-17-25)22-12-15-23-13-11-14-24(29(23)32)20-21-28-31(3,4)26-18-9-10-19-27(26)33(28)5/h6-10,12,15-21H,11,13-14,22H2,1-5H3/b15-12+,24-20+,28-21+. The summed E-state index contributed by atoms with van der Waals surface area (Å²) in [5.41, 5.74) is 7.96. The van der Waals surface area contributed by atoms with E-state index in [0.29, 0.717) is 0 Å². The van der Waals surface area contributed by atoms with E-state index >= 15 is 0 Å². The number of hydrogen-bond donors (Lipinski definition) is 0. The van der Waals surface area contributed by atoms with Crippen molar-refractivity contribution in [2.24, 2.45) is 0 Å². The number of halogens is 1. The van der Waals surface area contributed by atoms with Crippen LogP contribution in [-0.4, -0.2) is 7.05 Å². The molecule has 2 heteroatoms. The third-order valence-electron chi connectivity index (χ3n) is 7.34. The Labute approximate surface area is 205 Å². The van der Waals surface area contributed by atoms with Crippen LogP contribution in [0.2, 0.25) is 0 Å². The van der Waals surface area contributed by atoms with Gasteiger partial charge in [-0.2, -0.15) is 0 Å². The van der Waals surface area contributed by atoms with E-state index in [9.17, 15) is 0 Å². The predicted octanol–water partition coefficient (Wildman–Crippen LogP) is 8.83. The van der Waals surface area contributed by atoms with E-state index < -0.39 is 0 Å². The van der Waals surface area contributed by atoms with Gasteiger partial charge in [0, 0.05) is 28.9 Å². The predicted molar refractivity (Wildman–Crippen MR) is 144 cm³/mol. The highest BCUT2D eigenvalue weighted by Crippen LogP contribution is 2.47. The van der Waals surface area contributed by atoms with Crippen molar-refractivity contribution in [1.29, 1.82) is 0 Å². The third-order valence-corrected chi connectivity index (χ3v) is 7.83. The van der Waals surface area contributed by atoms with Crippen molar-refractivity contribution in [3.05, 3.63) is 112 Å². The van der Waals surface area contributed by atoms with E-state index in [0.717, 1.165) is 30.7 Å². The minimum Gasteiger partial charge on any atom is -0.347 e. The molecule has 33 heavy (non-hydrogen) atoms. The maximum Gasteiger partial charge on any atom is 0.0469 e. The lowest BCUT2D eigenvalue weighted by atomic mass is 9.81. The molecule has 0 saturated carbocycles. The topological polar surface area (TPSA) is 3.24 Å². The highest BCUT2D eigenvalue weighted by atomic mass is 35.5. The summed E-state index contributed by atoms with van der Waals surface area (Å²) in [4.78, 5) is 2.32. The van der Waals surface area contributed by atoms with Crippen LogP contribution in [0.3, 0.4) is 0 Å². The molecule has 0 bridgehead atoms. The van der Waals surface area contributed by atoms with Crippen molar-refractivity contribution in [3.8, 4) is 0 Å². The van der Waals surface area contributed by atoms with Gasteiger partial charge in [0.25, 0.3) is 0 Å². The molecule has 0 saturated heterocycles. The largest absolute Gasteiger partial charge is 0.347 e. The van der Waals surface area contributed by atoms with Crippen LogP contribution in [0.5, 0.6) is 0 Å². The van der Waals surface area contributed by atoms with Crippen LogP contribution in [0, 0.1) is 0 Å². The summed E-state index contributed by atoms with van der Waals surface area (Å²) in [5, 5.41) is 0.933. The monoisotopic (exact) mass is 457 g/mol. The second kappa shape index (κ2) is 9.39. The fourth-order valence-electron chi connectivity index (χ4n) is 5.19. The molecule has 2 aromatic rings. The van der Waals surface area contributed by atoms with Gasteiger partial charge in [0.1, 0.15) is 0 Å². The van der Waals surface area contributed by atoms with Crippen LogP contribution in [0.15, 0.2) is 101 Å². The minimum absolute atomic E-state index is 0.0149. The molecule has 0 radical (unpaired) electrons. The summed E-state index contributed by atoms with van der Waals surface area (Å²) in [6.45, 7) is 9.22. The highest BCUT2D eigenvalue weighted by Gasteiger charge is 2.37. The average molecular weight is 458 g/mol. The van der Waals surface area contributed by atoms with Crippen molar-refractivity contribution >= 4 is 17.3 Å². The summed E-state index contributed by atoms with van der Waals surface area (Å²) >= 11 is 6.91. The van der Waals surface area contributed by atoms with E-state index in [4.69, 9.17) is 11.6 Å². The number of likely N-dealkylation sites (N-methyl/N-ethyl adjacent to an activating group) is 1. The summed E-state index contributed by atoms with van der Waals surface area (Å²) in [7, 11) is 2.17. The number of hydrogen-bond acceptors (Lipinski definition) is 1. The molecule has 1 aliphatic carbocycles. The molecule has 2 aromatic carbocycles. The van der Waals surface area contributed by atoms with Crippen molar-refractivity contribution < 1.29 is 0 Å². The van der Waals surface area contributed by atoms with Gasteiger partial charge in [-0.25, -0.2) is 0 Å². The van der Waals surface area contributed by atoms with Gasteiger partial charge in [-0.1, -0.05) is 106 Å². The Morgan fingerprint density at radius 3 is 2.39 bits per heavy atom. The number of anilines is 1. The number of allylic oxidation sites excluding steroid dienone is 8. The summed E-state index contributed by atoms with van der Waals surface area (Å²) in [6.07, 6.45) is 13.3. The van der Waals surface area contributed by atoms with Crippen molar-refractivity contribution in [3.63, 3.8) is 0 Å². The molecule has 1 aliphatic heterocycles. The number of benzene rings is 2. The number of nitrogens with zero attached hydrogens (tertiary/aromatic N) is 1. The van der Waals surface area contributed by atoms with E-state index in [1.807, 2.05) is 0 Å². The van der Waals surface area contributed by atoms with E-state index in [-0.39, 0.29) is 10.8 Å². The number of para-hydroxylation sites is 1. The first-order valence-electron chi connectivity index (χ1n) is 12.1. The smallest absolute Gasteiger partial charge is 0.0469 e. The Morgan fingerprint density at radius 1 is 0.970 bits per heavy atom. The Kier molecular flexibility index (Phi) is 6.73. The van der Waals surface area contributed by atoms with Gasteiger partial charge in [0.2, 0.25) is 0 Å². The van der Waals surface area contributed by atoms with Gasteiger partial charge in [0.15, 0.2) is 0 Å². The second-order valence-corrected chi connectivity index (χ2v) is 10.9. The van der Waals surface area contributed by atoms with Crippen LogP contribution >= 0.6 is 11.6 Å². The molecule has 1 heterocycles. The van der Waals surface area contributed by atoms with E-state index in [1.165, 1.54) is 33.7 Å². The van der Waals surface area contributed by atoms with E-state index in [2.05, 4.69) is 119 Å². The Bertz CT molecular complexity index is 1130. The molecule has 1 nitrogen and oxygen atoms in total. The molecule has 0 fully saturated rings. The van der Waals surface area contributed by atoms with Crippen LogP contribution in [0.4, 0.5) is 5.69 Å². The zero-order valence-electron chi connectivity index (χ0n) is 20.7. The molecule has 0 spiro atoms. The first-order chi connectivity index (χ1) is 15.7. The van der Waals surface area contributed by atoms with Gasteiger partial charge < -0.3 is 4.90 Å². The molecule has 0 aromatic heterocycles. The van der Waals surface area contributed by atoms with E-state index in [1.54, 1.807) is 0 Å². The fraction of sp³-hybridized carbons (Fsp3) is 0.355. The number of rotatable bonds is 5. The molecule has 0 N–H and O–H groups in total. The molecule has 2 aliphatic rings. The number of fused-ring (bicyclic) bond motifs is 1. The molecule has 172 valence electrons.